The molecular weight excluding hydrogens is 312 g/mol. The van der Waals surface area contributed by atoms with E-state index in [4.69, 9.17) is 16.7 Å². The largest absolute Gasteiger partial charge is 0.384 e. The number of benzene rings is 1. The van der Waals surface area contributed by atoms with Crippen LogP contribution in [0.5, 0.6) is 0 Å². The fourth-order valence-electron chi connectivity index (χ4n) is 1.52. The summed E-state index contributed by atoms with van der Waals surface area (Å²) < 4.78 is 26.7. The third-order valence-corrected chi connectivity index (χ3v) is 4.06. The first-order chi connectivity index (χ1) is 10.0. The molecule has 0 spiro atoms. The topological polar surface area (TPSA) is 79.3 Å². The number of rotatable bonds is 3. The zero-order valence-corrected chi connectivity index (χ0v) is 12.3. The van der Waals surface area contributed by atoms with Crippen LogP contribution in [0.1, 0.15) is 5.56 Å². The van der Waals surface area contributed by atoms with Gasteiger partial charge in [-0.25, -0.2) is 13.4 Å². The van der Waals surface area contributed by atoms with Gasteiger partial charge in [0, 0.05) is 16.8 Å². The van der Waals surface area contributed by atoms with Gasteiger partial charge in [-0.3, -0.25) is 4.72 Å². The van der Waals surface area contributed by atoms with Crippen molar-refractivity contribution >= 4 is 27.4 Å². The van der Waals surface area contributed by atoms with Crippen LogP contribution in [0.25, 0.3) is 0 Å². The number of nitrogens with zero attached hydrogens (tertiary/aromatic N) is 1. The number of hydrogen-bond acceptors (Lipinski definition) is 4. The second kappa shape index (κ2) is 6.59. The van der Waals surface area contributed by atoms with Crippen LogP contribution in [0.2, 0.25) is 5.02 Å². The quantitative estimate of drug-likeness (QED) is 0.846. The van der Waals surface area contributed by atoms with Crippen molar-refractivity contribution in [3.63, 3.8) is 0 Å². The van der Waals surface area contributed by atoms with Crippen molar-refractivity contribution in [2.45, 2.75) is 4.90 Å². The van der Waals surface area contributed by atoms with Crippen molar-refractivity contribution in [2.75, 3.05) is 11.3 Å². The first-order valence-electron chi connectivity index (χ1n) is 5.85. The third kappa shape index (κ3) is 4.20. The minimum absolute atomic E-state index is 0.0838. The van der Waals surface area contributed by atoms with Gasteiger partial charge in [0.1, 0.15) is 12.4 Å². The molecule has 1 heterocycles. The van der Waals surface area contributed by atoms with Crippen LogP contribution in [-0.2, 0) is 10.0 Å². The van der Waals surface area contributed by atoms with Crippen LogP contribution in [-0.4, -0.2) is 25.1 Å². The molecule has 0 saturated carbocycles. The van der Waals surface area contributed by atoms with Crippen LogP contribution in [0.4, 0.5) is 5.82 Å². The fourth-order valence-corrected chi connectivity index (χ4v) is 2.64. The maximum Gasteiger partial charge on any atom is 0.263 e. The van der Waals surface area contributed by atoms with E-state index in [0.717, 1.165) is 0 Å². The Kier molecular flexibility index (Phi) is 4.81. The lowest BCUT2D eigenvalue weighted by Gasteiger charge is -2.07. The number of anilines is 1. The molecule has 108 valence electrons. The highest BCUT2D eigenvalue weighted by atomic mass is 35.5. The summed E-state index contributed by atoms with van der Waals surface area (Å²) >= 11 is 5.73. The van der Waals surface area contributed by atoms with E-state index in [2.05, 4.69) is 21.5 Å². The molecule has 7 heteroatoms. The Bertz CT molecular complexity index is 793. The molecule has 0 atom stereocenters. The molecule has 0 unspecified atom stereocenters. The predicted octanol–water partition coefficient (Wildman–Crippen LogP) is 1.88. The molecule has 21 heavy (non-hydrogen) atoms. The molecular formula is C14H11ClN2O3S. The van der Waals surface area contributed by atoms with E-state index in [1.807, 2.05) is 0 Å². The zero-order valence-electron chi connectivity index (χ0n) is 10.7. The summed E-state index contributed by atoms with van der Waals surface area (Å²) in [5.41, 5.74) is 0.549. The van der Waals surface area contributed by atoms with E-state index >= 15 is 0 Å². The first kappa shape index (κ1) is 15.3. The van der Waals surface area contributed by atoms with Crippen molar-refractivity contribution in [2.24, 2.45) is 0 Å². The Balaban J connectivity index is 2.26. The highest BCUT2D eigenvalue weighted by Crippen LogP contribution is 2.17. The van der Waals surface area contributed by atoms with E-state index in [9.17, 15) is 8.42 Å². The Labute approximate surface area is 127 Å². The van der Waals surface area contributed by atoms with Crippen molar-refractivity contribution in [1.29, 1.82) is 0 Å². The smallest absolute Gasteiger partial charge is 0.263 e. The summed E-state index contributed by atoms with van der Waals surface area (Å²) in [6.45, 7) is -0.270. The number of aliphatic hydroxyl groups is 1. The van der Waals surface area contributed by atoms with E-state index in [1.165, 1.54) is 36.5 Å². The average molecular weight is 323 g/mol. The van der Waals surface area contributed by atoms with Crippen molar-refractivity contribution in [3.05, 3.63) is 53.2 Å². The number of nitrogens with one attached hydrogen (secondary N) is 1. The molecule has 0 fully saturated rings. The average Bonchev–Trinajstić information content (AvgIpc) is 2.45. The highest BCUT2D eigenvalue weighted by molar-refractivity contribution is 7.92. The molecule has 1 aromatic heterocycles. The lowest BCUT2D eigenvalue weighted by molar-refractivity contribution is 0.350. The fraction of sp³-hybridized carbons (Fsp3) is 0.0714. The summed E-state index contributed by atoms with van der Waals surface area (Å²) in [6, 6.07) is 8.89. The molecule has 2 N–H and O–H groups in total. The Morgan fingerprint density at radius 3 is 2.62 bits per heavy atom. The van der Waals surface area contributed by atoms with Crippen LogP contribution in [0.15, 0.2) is 47.5 Å². The summed E-state index contributed by atoms with van der Waals surface area (Å²) in [6.07, 6.45) is 1.43. The monoisotopic (exact) mass is 322 g/mol. The van der Waals surface area contributed by atoms with Gasteiger partial charge in [-0.15, -0.1) is 0 Å². The Morgan fingerprint density at radius 1 is 1.24 bits per heavy atom. The summed E-state index contributed by atoms with van der Waals surface area (Å²) in [7, 11) is -3.74. The molecule has 1 aromatic carbocycles. The maximum atomic E-state index is 12.2. The highest BCUT2D eigenvalue weighted by Gasteiger charge is 2.14. The maximum absolute atomic E-state index is 12.2. The van der Waals surface area contributed by atoms with Gasteiger partial charge in [-0.05, 0) is 36.4 Å². The van der Waals surface area contributed by atoms with Gasteiger partial charge >= 0.3 is 0 Å². The molecule has 0 radical (unpaired) electrons. The minimum Gasteiger partial charge on any atom is -0.384 e. The molecule has 0 aliphatic heterocycles. The zero-order chi connectivity index (χ0) is 15.3. The number of aliphatic hydroxyl groups excluding tert-OH is 1. The predicted molar refractivity (Wildman–Crippen MR) is 80.5 cm³/mol. The molecule has 0 aliphatic carbocycles. The van der Waals surface area contributed by atoms with E-state index in [-0.39, 0.29) is 17.3 Å². The van der Waals surface area contributed by atoms with Crippen LogP contribution < -0.4 is 4.72 Å². The Hall–Kier alpha value is -2.07. The van der Waals surface area contributed by atoms with Crippen molar-refractivity contribution < 1.29 is 13.5 Å². The van der Waals surface area contributed by atoms with Gasteiger partial charge in [0.05, 0.1) is 4.90 Å². The minimum atomic E-state index is -3.74. The molecule has 0 amide bonds. The van der Waals surface area contributed by atoms with Gasteiger partial charge < -0.3 is 5.11 Å². The molecule has 2 rings (SSSR count). The van der Waals surface area contributed by atoms with Crippen molar-refractivity contribution in [1.82, 2.24) is 4.98 Å². The molecule has 0 bridgehead atoms. The number of sulfonamides is 1. The Morgan fingerprint density at radius 2 is 1.95 bits per heavy atom. The van der Waals surface area contributed by atoms with Crippen LogP contribution in [0, 0.1) is 11.8 Å². The second-order valence-electron chi connectivity index (χ2n) is 3.95. The van der Waals surface area contributed by atoms with Gasteiger partial charge in [-0.2, -0.15) is 0 Å². The molecule has 5 nitrogen and oxygen atoms in total. The van der Waals surface area contributed by atoms with E-state index in [1.54, 1.807) is 6.07 Å². The third-order valence-electron chi connectivity index (χ3n) is 2.43. The lowest BCUT2D eigenvalue weighted by Crippen LogP contribution is -2.13. The molecule has 0 saturated heterocycles. The first-order valence-corrected chi connectivity index (χ1v) is 7.71. The van der Waals surface area contributed by atoms with Gasteiger partial charge in [0.2, 0.25) is 0 Å². The molecule has 2 aromatic rings. The van der Waals surface area contributed by atoms with Crippen molar-refractivity contribution in [3.8, 4) is 11.8 Å². The SMILES string of the molecule is O=S(=O)(Nc1cc(C#CCO)ccn1)c1ccc(Cl)cc1. The summed E-state index contributed by atoms with van der Waals surface area (Å²) in [5, 5.41) is 9.10. The lowest BCUT2D eigenvalue weighted by atomic mass is 10.2. The standard InChI is InChI=1S/C14H11ClN2O3S/c15-12-3-5-13(6-4-12)21(19,20)17-14-10-11(2-1-9-18)7-8-16-14/h3-8,10,18H,9H2,(H,16,17). The van der Waals surface area contributed by atoms with E-state index in [0.29, 0.717) is 10.6 Å². The number of hydrogen-bond donors (Lipinski definition) is 2. The number of halogens is 1. The summed E-state index contributed by atoms with van der Waals surface area (Å²) in [4.78, 5) is 4.01. The van der Waals surface area contributed by atoms with Crippen LogP contribution in [0.3, 0.4) is 0 Å². The van der Waals surface area contributed by atoms with Crippen LogP contribution >= 0.6 is 11.6 Å². The van der Waals surface area contributed by atoms with E-state index < -0.39 is 10.0 Å². The van der Waals surface area contributed by atoms with Gasteiger partial charge in [0.25, 0.3) is 10.0 Å². The number of aromatic nitrogens is 1. The second-order valence-corrected chi connectivity index (χ2v) is 6.07. The number of pyridine rings is 1. The van der Waals surface area contributed by atoms with Gasteiger partial charge in [-0.1, -0.05) is 23.4 Å². The normalized spacial score (nSPS) is 10.6. The molecule has 0 aliphatic rings. The van der Waals surface area contributed by atoms with Gasteiger partial charge in [0.15, 0.2) is 0 Å². The summed E-state index contributed by atoms with van der Waals surface area (Å²) in [5.74, 6) is 5.30.